The maximum absolute atomic E-state index is 12.9. The summed E-state index contributed by atoms with van der Waals surface area (Å²) in [5.74, 6) is -1.58. The number of phosphoric acid groups is 2. The Kier molecular flexibility index (Phi) is 35.6. The molecule has 0 bridgehead atoms. The zero-order valence-electron chi connectivity index (χ0n) is 43.7. The Morgan fingerprint density at radius 3 is 1.96 bits per heavy atom. The van der Waals surface area contributed by atoms with Gasteiger partial charge in [-0.2, -0.15) is 9.29 Å². The van der Waals surface area contributed by atoms with Crippen molar-refractivity contribution in [2.45, 2.75) is 159 Å². The molecule has 8 N–H and O–H groups in total. The molecule has 76 heavy (non-hydrogen) atoms. The number of phosphoric ester groups is 2. The van der Waals surface area contributed by atoms with Crippen molar-refractivity contribution in [3.8, 4) is 0 Å². The Balaban J connectivity index is 1.89. The van der Waals surface area contributed by atoms with Crippen LogP contribution in [0.4, 0.5) is 5.82 Å². The molecule has 1 aliphatic heterocycles. The van der Waals surface area contributed by atoms with Gasteiger partial charge in [0.2, 0.25) is 0 Å². The standard InChI is InChI=1S/C54H81N3O17P2/c1-3-5-7-8-9-10-11-12-13-14-15-16-17-18-22-25-31-38-50(61)72-46(41-69-49(60)37-32-26-30-36-45(59)35-29-24-21-19-20-23-28-34-44(58)33-27-6-4-2)42-70-75(65,66)74-76(67,68)71-43-47-51(62)52(63)53(73-47)57-40-39-48(55)56-54(57)64/h6,9-10,12-13,15-16,18,20-24,27-30,34-36,39-40,44-47,51-53,58-59,62-63H,3-5,7-8,11,14,17,19,25-26,31-33,37-38,41-43H2,1-2H3,(H,65,66)(H,67,68)(H2,55,56,64)/b10-9-,13-12-,16-15-,22-18-,23-20-,24-21-,27-6-,34-28+,35-29+,36-30-/t44-,45-,46-,47-,51-,52-,53-/m1/s1. The smallest absolute Gasteiger partial charge is 0.462 e. The highest BCUT2D eigenvalue weighted by Gasteiger charge is 2.46. The molecule has 1 saturated heterocycles. The largest absolute Gasteiger partial charge is 0.481 e. The number of hydrogen-bond donors (Lipinski definition) is 7. The second kappa shape index (κ2) is 40.3. The third kappa shape index (κ3) is 32.6. The summed E-state index contributed by atoms with van der Waals surface area (Å²) < 4.78 is 56.5. The fourth-order valence-electron chi connectivity index (χ4n) is 6.69. The summed E-state index contributed by atoms with van der Waals surface area (Å²) in [4.78, 5) is 61.9. The van der Waals surface area contributed by atoms with Gasteiger partial charge >= 0.3 is 33.3 Å². The highest BCUT2D eigenvalue weighted by atomic mass is 31.3. The fourth-order valence-corrected chi connectivity index (χ4v) is 8.80. The number of esters is 2. The van der Waals surface area contributed by atoms with Crippen LogP contribution in [0.25, 0.3) is 0 Å². The molecule has 0 aliphatic carbocycles. The van der Waals surface area contributed by atoms with E-state index in [4.69, 9.17) is 29.0 Å². The van der Waals surface area contributed by atoms with Crippen LogP contribution >= 0.6 is 15.6 Å². The van der Waals surface area contributed by atoms with Crippen LogP contribution in [0.2, 0.25) is 0 Å². The molecular formula is C54H81N3O17P2. The van der Waals surface area contributed by atoms with Crippen molar-refractivity contribution in [3.63, 3.8) is 0 Å². The summed E-state index contributed by atoms with van der Waals surface area (Å²) in [6.07, 6.45) is 40.7. The number of nitrogen functional groups attached to an aromatic ring is 1. The van der Waals surface area contributed by atoms with E-state index in [-0.39, 0.29) is 18.7 Å². The molecule has 2 heterocycles. The van der Waals surface area contributed by atoms with E-state index in [9.17, 15) is 53.7 Å². The first kappa shape index (κ1) is 67.2. The van der Waals surface area contributed by atoms with E-state index < -0.39 is 95.9 Å². The number of ether oxygens (including phenoxy) is 3. The van der Waals surface area contributed by atoms with Gasteiger partial charge in [0.05, 0.1) is 25.4 Å². The summed E-state index contributed by atoms with van der Waals surface area (Å²) in [6, 6.07) is 1.23. The molecule has 20 nitrogen and oxygen atoms in total. The van der Waals surface area contributed by atoms with Crippen molar-refractivity contribution in [2.24, 2.45) is 0 Å². The molecule has 0 saturated carbocycles. The maximum Gasteiger partial charge on any atom is 0.481 e. The number of unbranched alkanes of at least 4 members (excludes halogenated alkanes) is 5. The first-order chi connectivity index (χ1) is 36.5. The van der Waals surface area contributed by atoms with Crippen molar-refractivity contribution in [2.75, 3.05) is 25.6 Å². The average Bonchev–Trinajstić information content (AvgIpc) is 3.65. The number of nitrogens with zero attached hydrogens (tertiary/aromatic N) is 2. The molecule has 0 amide bonds. The van der Waals surface area contributed by atoms with Gasteiger partial charge in [0.15, 0.2) is 12.3 Å². The molecule has 424 valence electrons. The van der Waals surface area contributed by atoms with Crippen molar-refractivity contribution < 1.29 is 76.5 Å². The number of allylic oxidation sites excluding steroid dienone is 16. The lowest BCUT2D eigenvalue weighted by Gasteiger charge is -2.21. The van der Waals surface area contributed by atoms with Gasteiger partial charge in [0.1, 0.15) is 30.7 Å². The monoisotopic (exact) mass is 1110 g/mol. The van der Waals surface area contributed by atoms with Crippen LogP contribution in [-0.2, 0) is 46.3 Å². The lowest BCUT2D eigenvalue weighted by atomic mass is 10.1. The molecular weight excluding hydrogens is 1020 g/mol. The lowest BCUT2D eigenvalue weighted by molar-refractivity contribution is -0.161. The first-order valence-corrected chi connectivity index (χ1v) is 28.8. The third-order valence-corrected chi connectivity index (χ3v) is 13.3. The highest BCUT2D eigenvalue weighted by molar-refractivity contribution is 7.61. The van der Waals surface area contributed by atoms with Crippen LogP contribution in [-0.4, -0.2) is 108 Å². The Hall–Kier alpha value is -4.92. The summed E-state index contributed by atoms with van der Waals surface area (Å²) in [7, 11) is -11.0. The Labute approximate surface area is 447 Å². The molecule has 2 rings (SSSR count). The van der Waals surface area contributed by atoms with E-state index in [0.717, 1.165) is 36.4 Å². The summed E-state index contributed by atoms with van der Waals surface area (Å²) in [5, 5.41) is 41.0. The minimum Gasteiger partial charge on any atom is -0.462 e. The van der Waals surface area contributed by atoms with Crippen LogP contribution in [0.5, 0.6) is 0 Å². The SMILES string of the molecule is CC/C=C\C[C@@H](O)/C=C/C=C\C/C=C\C=C\[C@@H](O)/C=C\CCCC(=O)OC[C@H](COP(=O)(O)OP(=O)(O)OC[C@H]1O[C@@H](n2ccc(N)nc2=O)[C@H](O)[C@@H]1O)OC(=O)CCC/C=C\C/C=C\C/C=C\C/C=C\CCCCC. The number of aliphatic hydroxyl groups is 4. The minimum absolute atomic E-state index is 0.0768. The Morgan fingerprint density at radius 2 is 1.32 bits per heavy atom. The van der Waals surface area contributed by atoms with Crippen molar-refractivity contribution in [1.82, 2.24) is 9.55 Å². The molecule has 2 unspecified atom stereocenters. The van der Waals surface area contributed by atoms with E-state index >= 15 is 0 Å². The topological polar surface area (TPSA) is 306 Å². The maximum atomic E-state index is 12.9. The quantitative estimate of drug-likeness (QED) is 0.0106. The average molecular weight is 1110 g/mol. The normalized spacial score (nSPS) is 20.5. The predicted octanol–water partition coefficient (Wildman–Crippen LogP) is 8.72. The molecule has 0 aromatic carbocycles. The number of carbonyl (C=O) groups is 2. The van der Waals surface area contributed by atoms with Gasteiger partial charge in [0.25, 0.3) is 0 Å². The Morgan fingerprint density at radius 1 is 0.724 bits per heavy atom. The van der Waals surface area contributed by atoms with E-state index in [2.05, 4.69) is 46.6 Å². The highest BCUT2D eigenvalue weighted by Crippen LogP contribution is 2.60. The van der Waals surface area contributed by atoms with E-state index in [1.807, 2.05) is 55.5 Å². The van der Waals surface area contributed by atoms with Crippen LogP contribution in [0, 0.1) is 0 Å². The predicted molar refractivity (Wildman–Crippen MR) is 291 cm³/mol. The van der Waals surface area contributed by atoms with Gasteiger partial charge in [0, 0.05) is 19.0 Å². The van der Waals surface area contributed by atoms with Gasteiger partial charge in [-0.3, -0.25) is 23.2 Å². The third-order valence-electron chi connectivity index (χ3n) is 10.7. The van der Waals surface area contributed by atoms with Gasteiger partial charge in [-0.25, -0.2) is 13.9 Å². The number of nitrogens with two attached hydrogens (primary N) is 1. The van der Waals surface area contributed by atoms with Gasteiger partial charge in [-0.15, -0.1) is 0 Å². The number of aliphatic hydroxyl groups excluding tert-OH is 4. The molecule has 22 heteroatoms. The first-order valence-electron chi connectivity index (χ1n) is 25.8. The van der Waals surface area contributed by atoms with Crippen molar-refractivity contribution >= 4 is 33.4 Å². The molecule has 1 aromatic heterocycles. The second-order valence-electron chi connectivity index (χ2n) is 17.3. The number of carbonyl (C=O) groups excluding carboxylic acids is 2. The molecule has 1 aliphatic rings. The van der Waals surface area contributed by atoms with Crippen LogP contribution in [0.1, 0.15) is 123 Å². The zero-order chi connectivity index (χ0) is 55.9. The second-order valence-corrected chi connectivity index (χ2v) is 20.4. The van der Waals surface area contributed by atoms with Gasteiger partial charge in [-0.1, -0.05) is 148 Å². The molecule has 1 aromatic rings. The van der Waals surface area contributed by atoms with Gasteiger partial charge < -0.3 is 50.2 Å². The molecule has 0 spiro atoms. The van der Waals surface area contributed by atoms with Crippen LogP contribution in [0.15, 0.2) is 139 Å². The summed E-state index contributed by atoms with van der Waals surface area (Å²) >= 11 is 0. The summed E-state index contributed by atoms with van der Waals surface area (Å²) in [6.45, 7) is 1.68. The lowest BCUT2D eigenvalue weighted by Crippen LogP contribution is -2.36. The number of aromatic nitrogens is 2. The van der Waals surface area contributed by atoms with Crippen molar-refractivity contribution in [1.29, 1.82) is 0 Å². The number of hydrogen-bond acceptors (Lipinski definition) is 17. The molecule has 0 radical (unpaired) electrons. The van der Waals surface area contributed by atoms with E-state index in [0.29, 0.717) is 44.9 Å². The van der Waals surface area contributed by atoms with Gasteiger partial charge in [-0.05, 0) is 83.1 Å². The van der Waals surface area contributed by atoms with Crippen LogP contribution < -0.4 is 11.4 Å². The number of anilines is 1. The minimum atomic E-state index is -5.49. The van der Waals surface area contributed by atoms with Crippen LogP contribution in [0.3, 0.4) is 0 Å². The van der Waals surface area contributed by atoms with Crippen molar-refractivity contribution in [3.05, 3.63) is 144 Å². The number of rotatable bonds is 40. The van der Waals surface area contributed by atoms with E-state index in [1.54, 1.807) is 42.5 Å². The zero-order valence-corrected chi connectivity index (χ0v) is 45.5. The molecule has 1 fully saturated rings. The molecule has 9 atom stereocenters. The Bertz CT molecular complexity index is 2290. The summed E-state index contributed by atoms with van der Waals surface area (Å²) in [5.41, 5.74) is 4.56. The van der Waals surface area contributed by atoms with E-state index in [1.165, 1.54) is 25.3 Å². The fraction of sp³-hybridized carbons (Fsp3) is 0.519.